The lowest BCUT2D eigenvalue weighted by atomic mass is 9.66. The maximum Gasteiger partial charge on any atom is 0.302 e. The quantitative estimate of drug-likeness (QED) is 0.260. The van der Waals surface area contributed by atoms with Gasteiger partial charge in [-0.05, 0) is 18.9 Å². The molecule has 0 bridgehead atoms. The normalized spacial score (nSPS) is 9.62. The minimum absolute atomic E-state index is 0.167. The molecule has 0 fully saturated rings. The van der Waals surface area contributed by atoms with Gasteiger partial charge in [0, 0.05) is 6.92 Å². The van der Waals surface area contributed by atoms with E-state index in [1.165, 1.54) is 6.92 Å². The second-order valence-electron chi connectivity index (χ2n) is 4.06. The molecule has 0 N–H and O–H groups in total. The fraction of sp³-hybridized carbons (Fsp3) is 0.667. The summed E-state index contributed by atoms with van der Waals surface area (Å²) in [6.45, 7) is 7.30. The molecule has 0 atom stereocenters. The average Bonchev–Trinajstić information content (AvgIpc) is 2.21. The van der Waals surface area contributed by atoms with Crippen molar-refractivity contribution in [2.75, 3.05) is 6.61 Å². The molecule has 0 heterocycles. The highest BCUT2D eigenvalue weighted by atomic mass is 16.5. The van der Waals surface area contributed by atoms with Gasteiger partial charge in [-0.2, -0.15) is 0 Å². The molecule has 90 valence electrons. The molecule has 0 radical (unpaired) electrons. The number of ether oxygens (including phenoxy) is 1. The zero-order valence-electron chi connectivity index (χ0n) is 10.4. The molecule has 0 saturated heterocycles. The summed E-state index contributed by atoms with van der Waals surface area (Å²) >= 11 is 0. The van der Waals surface area contributed by atoms with Crippen LogP contribution in [0.15, 0.2) is 12.2 Å². The van der Waals surface area contributed by atoms with E-state index in [2.05, 4.69) is 6.58 Å². The van der Waals surface area contributed by atoms with Crippen LogP contribution in [0.1, 0.15) is 39.5 Å². The number of unbranched alkanes of at least 4 members (excludes halogenated alkanes) is 3. The first-order valence-corrected chi connectivity index (χ1v) is 5.86. The third-order valence-corrected chi connectivity index (χ3v) is 2.33. The number of allylic oxidation sites excluding steroid dienone is 1. The summed E-state index contributed by atoms with van der Waals surface area (Å²) in [5.74, 6) is -0.216. The highest BCUT2D eigenvalue weighted by Gasteiger charge is 2.03. The number of esters is 1. The van der Waals surface area contributed by atoms with Crippen molar-refractivity contribution in [1.82, 2.24) is 0 Å². The van der Waals surface area contributed by atoms with Crippen LogP contribution in [0.4, 0.5) is 0 Å². The minimum atomic E-state index is -0.216. The van der Waals surface area contributed by atoms with Crippen LogP contribution in [-0.2, 0) is 14.3 Å². The Labute approximate surface area is 98.5 Å². The Bertz CT molecular complexity index is 249. The fourth-order valence-corrected chi connectivity index (χ4v) is 1.35. The molecule has 0 amide bonds. The lowest BCUT2D eigenvalue weighted by Crippen LogP contribution is -2.08. The van der Waals surface area contributed by atoms with Crippen LogP contribution in [0.3, 0.4) is 0 Å². The number of rotatable bonds is 9. The van der Waals surface area contributed by atoms with Gasteiger partial charge in [-0.3, -0.25) is 4.79 Å². The average molecular weight is 224 g/mol. The first kappa shape index (κ1) is 14.9. The van der Waals surface area contributed by atoms with Crippen molar-refractivity contribution < 1.29 is 14.3 Å². The molecular weight excluding hydrogens is 203 g/mol. The summed E-state index contributed by atoms with van der Waals surface area (Å²) in [7, 11) is 0.610. The van der Waals surface area contributed by atoms with Gasteiger partial charge in [0.25, 0.3) is 0 Å². The van der Waals surface area contributed by atoms with E-state index in [0.29, 0.717) is 19.5 Å². The van der Waals surface area contributed by atoms with Gasteiger partial charge < -0.3 is 9.53 Å². The van der Waals surface area contributed by atoms with Crippen LogP contribution in [0.5, 0.6) is 0 Å². The van der Waals surface area contributed by atoms with E-state index >= 15 is 0 Å². The van der Waals surface area contributed by atoms with E-state index < -0.39 is 0 Å². The van der Waals surface area contributed by atoms with E-state index in [-0.39, 0.29) is 11.7 Å². The molecule has 0 aliphatic carbocycles. The Hall–Kier alpha value is -1.06. The number of hydrogen-bond acceptors (Lipinski definition) is 3. The van der Waals surface area contributed by atoms with Crippen LogP contribution >= 0.6 is 0 Å². The van der Waals surface area contributed by atoms with Crippen molar-refractivity contribution in [3.63, 3.8) is 0 Å². The van der Waals surface area contributed by atoms with Gasteiger partial charge in [0.1, 0.15) is 5.68 Å². The third kappa shape index (κ3) is 9.50. The van der Waals surface area contributed by atoms with Crippen LogP contribution in [0.2, 0.25) is 6.32 Å². The van der Waals surface area contributed by atoms with E-state index in [1.54, 1.807) is 6.92 Å². The standard InChI is InChI=1S/C12H21BO3/c1-10(2)12(15)13-8-6-4-5-7-9-16-11(3)14/h13H,1,4-9H2,2-3H3. The van der Waals surface area contributed by atoms with Crippen LogP contribution in [-0.4, -0.2) is 25.5 Å². The van der Waals surface area contributed by atoms with Gasteiger partial charge in [-0.25, -0.2) is 0 Å². The predicted octanol–water partition coefficient (Wildman–Crippen LogP) is 2.07. The summed E-state index contributed by atoms with van der Waals surface area (Å²) < 4.78 is 4.81. The van der Waals surface area contributed by atoms with Crippen LogP contribution in [0, 0.1) is 0 Å². The zero-order valence-corrected chi connectivity index (χ0v) is 10.4. The Morgan fingerprint density at radius 2 is 1.75 bits per heavy atom. The molecule has 16 heavy (non-hydrogen) atoms. The van der Waals surface area contributed by atoms with Crippen molar-refractivity contribution >= 4 is 18.9 Å². The molecule has 0 rings (SSSR count). The summed E-state index contributed by atoms with van der Waals surface area (Å²) in [6, 6.07) is 0. The number of carbonyl (C=O) groups excluding carboxylic acids is 2. The summed E-state index contributed by atoms with van der Waals surface area (Å²) in [5.41, 5.74) is 0.815. The van der Waals surface area contributed by atoms with Gasteiger partial charge in [-0.15, -0.1) is 0 Å². The Morgan fingerprint density at radius 3 is 2.31 bits per heavy atom. The predicted molar refractivity (Wildman–Crippen MR) is 66.9 cm³/mol. The summed E-state index contributed by atoms with van der Waals surface area (Å²) in [5, 5.41) is 0. The number of carbonyl (C=O) groups is 2. The molecule has 0 aromatic rings. The van der Waals surface area contributed by atoms with E-state index in [4.69, 9.17) is 4.74 Å². The molecule has 0 spiro atoms. The molecule has 0 aliphatic heterocycles. The lowest BCUT2D eigenvalue weighted by Gasteiger charge is -2.01. The molecule has 0 aliphatic rings. The van der Waals surface area contributed by atoms with Crippen molar-refractivity contribution in [2.24, 2.45) is 0 Å². The van der Waals surface area contributed by atoms with Gasteiger partial charge >= 0.3 is 5.97 Å². The Kier molecular flexibility index (Phi) is 8.59. The third-order valence-electron chi connectivity index (χ3n) is 2.33. The first-order valence-electron chi connectivity index (χ1n) is 5.86. The molecule has 0 aromatic heterocycles. The fourth-order valence-electron chi connectivity index (χ4n) is 1.35. The second-order valence-corrected chi connectivity index (χ2v) is 4.06. The Morgan fingerprint density at radius 1 is 1.12 bits per heavy atom. The van der Waals surface area contributed by atoms with Gasteiger partial charge in [-0.1, -0.05) is 32.2 Å². The maximum atomic E-state index is 11.2. The summed E-state index contributed by atoms with van der Waals surface area (Å²) in [6.07, 6.45) is 5.03. The second kappa shape index (κ2) is 9.19. The van der Waals surface area contributed by atoms with Gasteiger partial charge in [0.2, 0.25) is 7.28 Å². The number of hydrogen-bond donors (Lipinski definition) is 0. The van der Waals surface area contributed by atoms with Crippen molar-refractivity contribution in [1.29, 1.82) is 0 Å². The largest absolute Gasteiger partial charge is 0.466 e. The molecule has 4 heteroatoms. The first-order chi connectivity index (χ1) is 7.54. The van der Waals surface area contributed by atoms with Crippen LogP contribution < -0.4 is 0 Å². The van der Waals surface area contributed by atoms with Gasteiger partial charge in [0.15, 0.2) is 0 Å². The van der Waals surface area contributed by atoms with Crippen molar-refractivity contribution in [3.8, 4) is 0 Å². The Balaban J connectivity index is 3.19. The monoisotopic (exact) mass is 224 g/mol. The van der Waals surface area contributed by atoms with Gasteiger partial charge in [0.05, 0.1) is 6.61 Å². The molecule has 3 nitrogen and oxygen atoms in total. The van der Waals surface area contributed by atoms with Crippen LogP contribution in [0.25, 0.3) is 0 Å². The molecule has 0 unspecified atom stereocenters. The van der Waals surface area contributed by atoms with Crippen molar-refractivity contribution in [2.45, 2.75) is 45.9 Å². The molecule has 0 aromatic carbocycles. The lowest BCUT2D eigenvalue weighted by molar-refractivity contribution is -0.141. The highest BCUT2D eigenvalue weighted by Crippen LogP contribution is 2.04. The SMILES string of the molecule is C=C(C)C(=O)BCCCCCCOC(C)=O. The molecule has 0 saturated carbocycles. The van der Waals surface area contributed by atoms with E-state index in [9.17, 15) is 9.59 Å². The van der Waals surface area contributed by atoms with Crippen molar-refractivity contribution in [3.05, 3.63) is 12.2 Å². The highest BCUT2D eigenvalue weighted by molar-refractivity contribution is 6.77. The zero-order chi connectivity index (χ0) is 12.4. The minimum Gasteiger partial charge on any atom is -0.466 e. The van der Waals surface area contributed by atoms with E-state index in [0.717, 1.165) is 32.0 Å². The summed E-state index contributed by atoms with van der Waals surface area (Å²) in [4.78, 5) is 21.6. The van der Waals surface area contributed by atoms with E-state index in [1.807, 2.05) is 0 Å². The molecular formula is C12H21BO3. The topological polar surface area (TPSA) is 43.4 Å². The smallest absolute Gasteiger partial charge is 0.302 e. The maximum absolute atomic E-state index is 11.2.